The number of nitrogens with two attached hydrogens (primary N) is 1. The van der Waals surface area contributed by atoms with E-state index in [9.17, 15) is 4.79 Å². The van der Waals surface area contributed by atoms with E-state index in [4.69, 9.17) is 20.2 Å². The number of nitrogens with zero attached hydrogens (tertiary/aromatic N) is 6. The smallest absolute Gasteiger partial charge is 0.231 e. The molecular weight excluding hydrogens is 492 g/mol. The van der Waals surface area contributed by atoms with Gasteiger partial charge >= 0.3 is 0 Å². The number of fused-ring (bicyclic) bond motifs is 2. The fourth-order valence-electron chi connectivity index (χ4n) is 4.97. The predicted octanol–water partition coefficient (Wildman–Crippen LogP) is 3.64. The fraction of sp³-hybridized carbons (Fsp3) is 0.400. The summed E-state index contributed by atoms with van der Waals surface area (Å²) in [6, 6.07) is 5.93. The normalized spacial score (nSPS) is 17.0. The molecule has 37 heavy (non-hydrogen) atoms. The SMILES string of the molecule is CC(=O)N1CCCC(CCn2c(Sc3cc4c(cc3-c3cc(C)[nH]n3)OCO4)nc3c(N)ncnc32)C1. The van der Waals surface area contributed by atoms with Gasteiger partial charge in [0.05, 0.1) is 5.69 Å². The van der Waals surface area contributed by atoms with Gasteiger partial charge in [0, 0.05) is 42.7 Å². The van der Waals surface area contributed by atoms with Gasteiger partial charge in [0.15, 0.2) is 33.6 Å². The quantitative estimate of drug-likeness (QED) is 0.390. The molecule has 3 N–H and O–H groups in total. The van der Waals surface area contributed by atoms with E-state index >= 15 is 0 Å². The molecule has 1 unspecified atom stereocenters. The Morgan fingerprint density at radius 1 is 1.24 bits per heavy atom. The van der Waals surface area contributed by atoms with Crippen LogP contribution in [0.4, 0.5) is 5.82 Å². The summed E-state index contributed by atoms with van der Waals surface area (Å²) < 4.78 is 13.4. The lowest BCUT2D eigenvalue weighted by Crippen LogP contribution is -2.38. The van der Waals surface area contributed by atoms with Gasteiger partial charge < -0.3 is 24.7 Å². The molecule has 5 heterocycles. The van der Waals surface area contributed by atoms with Gasteiger partial charge in [-0.2, -0.15) is 5.10 Å². The van der Waals surface area contributed by atoms with Crippen molar-refractivity contribution in [2.24, 2.45) is 5.92 Å². The highest BCUT2D eigenvalue weighted by Gasteiger charge is 2.25. The van der Waals surface area contributed by atoms with Crippen molar-refractivity contribution in [2.75, 3.05) is 25.6 Å². The van der Waals surface area contributed by atoms with Crippen LogP contribution in [-0.4, -0.2) is 60.4 Å². The van der Waals surface area contributed by atoms with Crippen LogP contribution in [0.5, 0.6) is 11.5 Å². The number of H-pyrrole nitrogens is 1. The molecule has 0 aliphatic carbocycles. The Morgan fingerprint density at radius 3 is 2.86 bits per heavy atom. The molecule has 0 saturated carbocycles. The molecule has 0 bridgehead atoms. The molecular formula is C25H28N8O3S. The molecule has 1 aromatic carbocycles. The number of imidazole rings is 1. The van der Waals surface area contributed by atoms with E-state index in [0.29, 0.717) is 40.9 Å². The van der Waals surface area contributed by atoms with Gasteiger partial charge in [0.25, 0.3) is 0 Å². The molecule has 3 aromatic heterocycles. The number of carbonyl (C=O) groups is 1. The van der Waals surface area contributed by atoms with Crippen molar-refractivity contribution in [3.8, 4) is 22.8 Å². The monoisotopic (exact) mass is 520 g/mol. The van der Waals surface area contributed by atoms with Crippen LogP contribution in [0.2, 0.25) is 0 Å². The molecule has 192 valence electrons. The van der Waals surface area contributed by atoms with E-state index in [1.165, 1.54) is 18.1 Å². The van der Waals surface area contributed by atoms with Gasteiger partial charge in [-0.3, -0.25) is 9.89 Å². The topological polar surface area (TPSA) is 137 Å². The van der Waals surface area contributed by atoms with Gasteiger partial charge in [0.1, 0.15) is 6.33 Å². The van der Waals surface area contributed by atoms with Crippen molar-refractivity contribution >= 4 is 34.7 Å². The maximum absolute atomic E-state index is 11.9. The summed E-state index contributed by atoms with van der Waals surface area (Å²) in [5.41, 5.74) is 10.2. The number of hydrogen-bond acceptors (Lipinski definition) is 9. The number of aryl methyl sites for hydroxylation is 2. The number of benzene rings is 1. The van der Waals surface area contributed by atoms with Crippen LogP contribution in [0.25, 0.3) is 22.4 Å². The molecule has 4 aromatic rings. The fourth-order valence-corrected chi connectivity index (χ4v) is 6.04. The highest BCUT2D eigenvalue weighted by molar-refractivity contribution is 7.99. The molecule has 2 aliphatic heterocycles. The number of aromatic amines is 1. The largest absolute Gasteiger partial charge is 0.454 e. The molecule has 12 heteroatoms. The first-order valence-electron chi connectivity index (χ1n) is 12.3. The first-order chi connectivity index (χ1) is 18.0. The number of likely N-dealkylation sites (tertiary alicyclic amines) is 1. The lowest BCUT2D eigenvalue weighted by Gasteiger charge is -2.32. The third kappa shape index (κ3) is 4.57. The van der Waals surface area contributed by atoms with Crippen LogP contribution in [0.15, 0.2) is 34.6 Å². The van der Waals surface area contributed by atoms with Crippen LogP contribution in [0.1, 0.15) is 31.9 Å². The van der Waals surface area contributed by atoms with Crippen LogP contribution >= 0.6 is 11.8 Å². The Kier molecular flexibility index (Phi) is 6.11. The van der Waals surface area contributed by atoms with Crippen molar-refractivity contribution in [3.05, 3.63) is 30.2 Å². The number of aromatic nitrogens is 6. The Hall–Kier alpha value is -3.80. The van der Waals surface area contributed by atoms with Crippen molar-refractivity contribution < 1.29 is 14.3 Å². The molecule has 1 fully saturated rings. The van der Waals surface area contributed by atoms with E-state index in [-0.39, 0.29) is 12.7 Å². The number of nitrogens with one attached hydrogen (secondary N) is 1. The van der Waals surface area contributed by atoms with Crippen LogP contribution in [0.3, 0.4) is 0 Å². The van der Waals surface area contributed by atoms with E-state index in [0.717, 1.165) is 59.4 Å². The van der Waals surface area contributed by atoms with Gasteiger partial charge in [-0.15, -0.1) is 0 Å². The van der Waals surface area contributed by atoms with Gasteiger partial charge in [0.2, 0.25) is 12.7 Å². The summed E-state index contributed by atoms with van der Waals surface area (Å²) in [6.07, 6.45) is 4.50. The Balaban J connectivity index is 1.36. The second-order valence-corrected chi connectivity index (χ2v) is 10.5. The lowest BCUT2D eigenvalue weighted by molar-refractivity contribution is -0.130. The molecule has 1 amide bonds. The highest BCUT2D eigenvalue weighted by Crippen LogP contribution is 2.44. The minimum absolute atomic E-state index is 0.137. The van der Waals surface area contributed by atoms with E-state index in [1.54, 1.807) is 6.92 Å². The maximum Gasteiger partial charge on any atom is 0.231 e. The zero-order chi connectivity index (χ0) is 25.5. The molecule has 11 nitrogen and oxygen atoms in total. The Bertz CT molecular complexity index is 1480. The number of hydrogen-bond donors (Lipinski definition) is 2. The molecule has 1 atom stereocenters. The molecule has 2 aliphatic rings. The minimum atomic E-state index is 0.137. The summed E-state index contributed by atoms with van der Waals surface area (Å²) in [7, 11) is 0. The average Bonchev–Trinajstić information content (AvgIpc) is 3.61. The van der Waals surface area contributed by atoms with Crippen LogP contribution < -0.4 is 15.2 Å². The maximum atomic E-state index is 11.9. The standard InChI is InChI=1S/C25H28N8O3S/c1-14-8-18(31-30-14)17-9-19-20(36-13-35-19)10-21(17)37-25-29-22-23(26)27-12-28-24(22)33(25)7-5-16-4-3-6-32(11-16)15(2)34/h8-10,12,16H,3-7,11,13H2,1-2H3,(H,30,31)(H2,26,27,28). The number of carbonyl (C=O) groups excluding carboxylic acids is 1. The first-order valence-corrected chi connectivity index (χ1v) is 13.1. The molecule has 6 rings (SSSR count). The number of amides is 1. The minimum Gasteiger partial charge on any atom is -0.454 e. The summed E-state index contributed by atoms with van der Waals surface area (Å²) in [6.45, 7) is 6.12. The number of rotatable bonds is 6. The summed E-state index contributed by atoms with van der Waals surface area (Å²) in [4.78, 5) is 28.3. The predicted molar refractivity (Wildman–Crippen MR) is 138 cm³/mol. The Labute approximate surface area is 217 Å². The number of anilines is 1. The van der Waals surface area contributed by atoms with Crippen molar-refractivity contribution in [3.63, 3.8) is 0 Å². The number of ether oxygens (including phenoxy) is 2. The van der Waals surface area contributed by atoms with Gasteiger partial charge in [-0.25, -0.2) is 15.0 Å². The average molecular weight is 521 g/mol. The summed E-state index contributed by atoms with van der Waals surface area (Å²) in [5, 5.41) is 8.25. The van der Waals surface area contributed by atoms with Crippen molar-refractivity contribution in [1.82, 2.24) is 34.6 Å². The summed E-state index contributed by atoms with van der Waals surface area (Å²) >= 11 is 1.51. The third-order valence-corrected chi connectivity index (χ3v) is 7.96. The van der Waals surface area contributed by atoms with Gasteiger partial charge in [-0.1, -0.05) is 11.8 Å². The van der Waals surface area contributed by atoms with Crippen molar-refractivity contribution in [1.29, 1.82) is 0 Å². The lowest BCUT2D eigenvalue weighted by atomic mass is 9.95. The van der Waals surface area contributed by atoms with Crippen LogP contribution in [0, 0.1) is 12.8 Å². The number of piperidine rings is 1. The van der Waals surface area contributed by atoms with Gasteiger partial charge in [-0.05, 0) is 50.3 Å². The molecule has 0 radical (unpaired) electrons. The zero-order valence-electron chi connectivity index (χ0n) is 20.7. The van der Waals surface area contributed by atoms with Crippen LogP contribution in [-0.2, 0) is 11.3 Å². The molecule has 1 saturated heterocycles. The molecule has 0 spiro atoms. The zero-order valence-corrected chi connectivity index (χ0v) is 21.5. The van der Waals surface area contributed by atoms with E-state index in [1.807, 2.05) is 30.0 Å². The van der Waals surface area contributed by atoms with E-state index in [2.05, 4.69) is 24.7 Å². The second kappa shape index (κ2) is 9.58. The highest BCUT2D eigenvalue weighted by atomic mass is 32.2. The summed E-state index contributed by atoms with van der Waals surface area (Å²) in [5.74, 6) is 2.28. The second-order valence-electron chi connectivity index (χ2n) is 9.48. The van der Waals surface area contributed by atoms with Crippen molar-refractivity contribution in [2.45, 2.75) is 49.7 Å². The number of nitrogen functional groups attached to an aromatic ring is 1. The Morgan fingerprint density at radius 2 is 2.08 bits per heavy atom. The first kappa shape index (κ1) is 23.6. The third-order valence-electron chi connectivity index (χ3n) is 6.91. The van der Waals surface area contributed by atoms with E-state index < -0.39 is 0 Å².